The first-order valence-electron chi connectivity index (χ1n) is 7.33. The second-order valence-corrected chi connectivity index (χ2v) is 5.33. The third-order valence-corrected chi connectivity index (χ3v) is 3.63. The average Bonchev–Trinajstić information content (AvgIpc) is 2.49. The summed E-state index contributed by atoms with van der Waals surface area (Å²) in [7, 11) is 0. The van der Waals surface area contributed by atoms with Gasteiger partial charge in [0.05, 0.1) is 6.42 Å². The Balaban J connectivity index is 1.71. The summed E-state index contributed by atoms with van der Waals surface area (Å²) in [5.74, 6) is -1.33. The molecule has 5 heteroatoms. The van der Waals surface area contributed by atoms with Crippen LogP contribution in [0.15, 0.2) is 24.3 Å². The molecule has 1 fully saturated rings. The smallest absolute Gasteiger partial charge is 0.310 e. The van der Waals surface area contributed by atoms with Gasteiger partial charge in [-0.3, -0.25) is 9.59 Å². The fourth-order valence-corrected chi connectivity index (χ4v) is 2.51. The number of nitrogens with one attached hydrogen (secondary N) is 1. The Labute approximate surface area is 123 Å². The van der Waals surface area contributed by atoms with Crippen molar-refractivity contribution in [1.29, 1.82) is 0 Å². The lowest BCUT2D eigenvalue weighted by Crippen LogP contribution is -2.38. The van der Waals surface area contributed by atoms with Crippen molar-refractivity contribution in [3.8, 4) is 0 Å². The number of carbonyl (C=O) groups excluding carboxylic acids is 2. The number of hydrogen-bond donors (Lipinski definition) is 1. The Morgan fingerprint density at radius 2 is 1.90 bits per heavy atom. The first-order chi connectivity index (χ1) is 10.1. The first-order valence-corrected chi connectivity index (χ1v) is 7.33. The van der Waals surface area contributed by atoms with Crippen molar-refractivity contribution in [2.45, 2.75) is 44.6 Å². The van der Waals surface area contributed by atoms with Gasteiger partial charge in [-0.2, -0.15) is 0 Å². The van der Waals surface area contributed by atoms with E-state index < -0.39 is 11.8 Å². The highest BCUT2D eigenvalue weighted by molar-refractivity contribution is 5.81. The maximum Gasteiger partial charge on any atom is 0.310 e. The van der Waals surface area contributed by atoms with Gasteiger partial charge in [-0.05, 0) is 24.5 Å². The zero-order chi connectivity index (χ0) is 15.1. The summed E-state index contributed by atoms with van der Waals surface area (Å²) in [6.45, 7) is -0.302. The van der Waals surface area contributed by atoms with Gasteiger partial charge in [0.1, 0.15) is 5.82 Å². The second-order valence-electron chi connectivity index (χ2n) is 5.33. The van der Waals surface area contributed by atoms with Crippen LogP contribution in [0.5, 0.6) is 0 Å². The molecule has 1 aliphatic rings. The van der Waals surface area contributed by atoms with Crippen molar-refractivity contribution in [3.63, 3.8) is 0 Å². The van der Waals surface area contributed by atoms with Gasteiger partial charge < -0.3 is 10.1 Å². The lowest BCUT2D eigenvalue weighted by molar-refractivity contribution is -0.148. The lowest BCUT2D eigenvalue weighted by atomic mass is 9.95. The molecule has 114 valence electrons. The Kier molecular flexibility index (Phi) is 5.72. The Morgan fingerprint density at radius 3 is 2.62 bits per heavy atom. The van der Waals surface area contributed by atoms with Crippen molar-refractivity contribution in [3.05, 3.63) is 35.6 Å². The normalized spacial score (nSPS) is 15.5. The molecule has 0 radical (unpaired) electrons. The number of rotatable bonds is 5. The number of hydrogen-bond acceptors (Lipinski definition) is 3. The number of benzene rings is 1. The molecular formula is C16H20FNO3. The molecule has 21 heavy (non-hydrogen) atoms. The van der Waals surface area contributed by atoms with Crippen LogP contribution in [0.1, 0.15) is 37.7 Å². The number of esters is 1. The highest BCUT2D eigenvalue weighted by Crippen LogP contribution is 2.17. The van der Waals surface area contributed by atoms with E-state index in [4.69, 9.17) is 4.74 Å². The third-order valence-electron chi connectivity index (χ3n) is 3.63. The summed E-state index contributed by atoms with van der Waals surface area (Å²) in [4.78, 5) is 23.3. The van der Waals surface area contributed by atoms with Gasteiger partial charge in [-0.1, -0.05) is 37.5 Å². The molecule has 4 nitrogen and oxygen atoms in total. The summed E-state index contributed by atoms with van der Waals surface area (Å²) in [5, 5.41) is 2.86. The van der Waals surface area contributed by atoms with Crippen molar-refractivity contribution in [2.24, 2.45) is 0 Å². The molecule has 1 saturated carbocycles. The minimum Gasteiger partial charge on any atom is -0.455 e. The van der Waals surface area contributed by atoms with Gasteiger partial charge in [0, 0.05) is 6.04 Å². The van der Waals surface area contributed by atoms with E-state index >= 15 is 0 Å². The monoisotopic (exact) mass is 293 g/mol. The highest BCUT2D eigenvalue weighted by atomic mass is 19.1. The van der Waals surface area contributed by atoms with Crippen LogP contribution in [0.2, 0.25) is 0 Å². The van der Waals surface area contributed by atoms with Crippen molar-refractivity contribution < 1.29 is 18.7 Å². The minimum absolute atomic E-state index is 0.163. The summed E-state index contributed by atoms with van der Waals surface area (Å²) < 4.78 is 18.3. The van der Waals surface area contributed by atoms with Crippen molar-refractivity contribution in [1.82, 2.24) is 5.32 Å². The number of amides is 1. The maximum atomic E-state index is 13.4. The predicted octanol–water partition coefficient (Wildman–Crippen LogP) is 2.36. The molecule has 1 aromatic rings. The zero-order valence-corrected chi connectivity index (χ0v) is 11.9. The molecule has 1 aliphatic carbocycles. The van der Waals surface area contributed by atoms with E-state index in [1.807, 2.05) is 0 Å². The fourth-order valence-electron chi connectivity index (χ4n) is 2.51. The molecule has 0 aromatic heterocycles. The average molecular weight is 293 g/mol. The molecular weight excluding hydrogens is 273 g/mol. The van der Waals surface area contributed by atoms with Crippen LogP contribution in [0.4, 0.5) is 4.39 Å². The standard InChI is InChI=1S/C16H20FNO3/c17-14-9-5-4-6-12(14)10-16(20)21-11-15(19)18-13-7-2-1-3-8-13/h4-6,9,13H,1-3,7-8,10-11H2,(H,18,19). The molecule has 0 unspecified atom stereocenters. The van der Waals surface area contributed by atoms with Crippen LogP contribution < -0.4 is 5.32 Å². The molecule has 0 saturated heterocycles. The quantitative estimate of drug-likeness (QED) is 0.848. The van der Waals surface area contributed by atoms with Crippen LogP contribution in [0, 0.1) is 5.82 Å². The van der Waals surface area contributed by atoms with E-state index in [1.54, 1.807) is 12.1 Å². The fraction of sp³-hybridized carbons (Fsp3) is 0.500. The van der Waals surface area contributed by atoms with Crippen LogP contribution in [-0.2, 0) is 20.7 Å². The summed E-state index contributed by atoms with van der Waals surface area (Å²) in [5.41, 5.74) is 0.273. The Bertz CT molecular complexity index is 498. The summed E-state index contributed by atoms with van der Waals surface area (Å²) in [6.07, 6.45) is 5.26. The van der Waals surface area contributed by atoms with Gasteiger partial charge in [-0.15, -0.1) is 0 Å². The van der Waals surface area contributed by atoms with Crippen LogP contribution in [0.3, 0.4) is 0 Å². The first kappa shape index (κ1) is 15.5. The molecule has 1 N–H and O–H groups in total. The van der Waals surface area contributed by atoms with Crippen molar-refractivity contribution >= 4 is 11.9 Å². The van der Waals surface area contributed by atoms with Gasteiger partial charge in [0.25, 0.3) is 5.91 Å². The highest BCUT2D eigenvalue weighted by Gasteiger charge is 2.17. The zero-order valence-electron chi connectivity index (χ0n) is 11.9. The predicted molar refractivity (Wildman–Crippen MR) is 76.1 cm³/mol. The number of halogens is 1. The van der Waals surface area contributed by atoms with E-state index in [2.05, 4.69) is 5.32 Å². The molecule has 0 bridgehead atoms. The largest absolute Gasteiger partial charge is 0.455 e. The molecule has 0 spiro atoms. The molecule has 0 aliphatic heterocycles. The van der Waals surface area contributed by atoms with E-state index in [0.717, 1.165) is 25.7 Å². The van der Waals surface area contributed by atoms with Crippen LogP contribution in [-0.4, -0.2) is 24.5 Å². The minimum atomic E-state index is -0.598. The molecule has 2 rings (SSSR count). The lowest BCUT2D eigenvalue weighted by Gasteiger charge is -2.22. The van der Waals surface area contributed by atoms with Gasteiger partial charge in [0.2, 0.25) is 0 Å². The summed E-state index contributed by atoms with van der Waals surface area (Å²) >= 11 is 0. The number of ether oxygens (including phenoxy) is 1. The topological polar surface area (TPSA) is 55.4 Å². The van der Waals surface area contributed by atoms with Gasteiger partial charge >= 0.3 is 5.97 Å². The Morgan fingerprint density at radius 1 is 1.19 bits per heavy atom. The molecule has 0 atom stereocenters. The van der Waals surface area contributed by atoms with Crippen LogP contribution >= 0.6 is 0 Å². The maximum absolute atomic E-state index is 13.4. The van der Waals surface area contributed by atoms with E-state index in [-0.39, 0.29) is 30.5 Å². The van der Waals surface area contributed by atoms with E-state index in [1.165, 1.54) is 18.6 Å². The van der Waals surface area contributed by atoms with E-state index in [9.17, 15) is 14.0 Å². The summed E-state index contributed by atoms with van der Waals surface area (Å²) in [6, 6.07) is 6.22. The molecule has 1 aromatic carbocycles. The molecule has 0 heterocycles. The van der Waals surface area contributed by atoms with Crippen LogP contribution in [0.25, 0.3) is 0 Å². The van der Waals surface area contributed by atoms with Gasteiger partial charge in [0.15, 0.2) is 6.61 Å². The Hall–Kier alpha value is -1.91. The van der Waals surface area contributed by atoms with Crippen molar-refractivity contribution in [2.75, 3.05) is 6.61 Å². The SMILES string of the molecule is O=C(COC(=O)Cc1ccccc1F)NC1CCCCC1. The second kappa shape index (κ2) is 7.76. The third kappa shape index (κ3) is 5.17. The molecule has 1 amide bonds. The number of carbonyl (C=O) groups is 2. The van der Waals surface area contributed by atoms with E-state index in [0.29, 0.717) is 0 Å². The van der Waals surface area contributed by atoms with Gasteiger partial charge in [-0.25, -0.2) is 4.39 Å².